The molecule has 11 heteroatoms. The number of anilines is 2. The molecule has 0 aliphatic carbocycles. The second-order valence-electron chi connectivity index (χ2n) is 7.33. The van der Waals surface area contributed by atoms with Crippen molar-refractivity contribution in [2.45, 2.75) is 29.7 Å². The number of fused-ring (bicyclic) bond motifs is 1. The van der Waals surface area contributed by atoms with Crippen molar-refractivity contribution in [3.8, 4) is 5.75 Å². The van der Waals surface area contributed by atoms with Crippen molar-refractivity contribution >= 4 is 40.1 Å². The number of hydrogen-bond donors (Lipinski definition) is 0. The van der Waals surface area contributed by atoms with E-state index in [4.69, 9.17) is 9.47 Å². The van der Waals surface area contributed by atoms with E-state index in [1.165, 1.54) is 11.8 Å². The molecule has 0 saturated carbocycles. The molecule has 2 N–H and O–H groups in total. The van der Waals surface area contributed by atoms with Gasteiger partial charge in [-0.15, -0.1) is 11.8 Å². The maximum Gasteiger partial charge on any atom is 0.370 e. The molecule has 0 bridgehead atoms. The Balaban J connectivity index is 0.00000432. The van der Waals surface area contributed by atoms with E-state index in [2.05, 4.69) is 9.64 Å². The second kappa shape index (κ2) is 13.6. The molecular formula is C24H31FN2O6S2. The average molecular weight is 527 g/mol. The van der Waals surface area contributed by atoms with Gasteiger partial charge in [-0.2, -0.15) is 4.39 Å². The predicted octanol–water partition coefficient (Wildman–Crippen LogP) is 3.85. The molecule has 3 rings (SSSR count). The van der Waals surface area contributed by atoms with E-state index < -0.39 is 22.8 Å². The van der Waals surface area contributed by atoms with Gasteiger partial charge in [0.15, 0.2) is 0 Å². The number of ether oxygens (including phenoxy) is 3. The minimum Gasteiger partial charge on any atom is -0.461 e. The Morgan fingerprint density at radius 1 is 1.23 bits per heavy atom. The molecule has 192 valence electrons. The van der Waals surface area contributed by atoms with Crippen molar-refractivity contribution in [1.82, 2.24) is 4.31 Å². The van der Waals surface area contributed by atoms with Gasteiger partial charge in [0.1, 0.15) is 23.0 Å². The van der Waals surface area contributed by atoms with E-state index in [0.717, 1.165) is 17.6 Å². The molecule has 0 amide bonds. The van der Waals surface area contributed by atoms with Crippen LogP contribution in [-0.4, -0.2) is 65.7 Å². The Kier molecular flexibility index (Phi) is 11.2. The number of likely N-dealkylation sites (N-methyl/N-ethyl adjacent to an activating group) is 1. The summed E-state index contributed by atoms with van der Waals surface area (Å²) < 4.78 is 45.3. The molecule has 2 atom stereocenters. The van der Waals surface area contributed by atoms with Crippen LogP contribution in [0.3, 0.4) is 0 Å². The van der Waals surface area contributed by atoms with Gasteiger partial charge >= 0.3 is 5.97 Å². The number of carbonyl (C=O) groups excluding carboxylic acids is 1. The van der Waals surface area contributed by atoms with Crippen LogP contribution in [0.15, 0.2) is 64.3 Å². The van der Waals surface area contributed by atoms with Crippen LogP contribution in [0.2, 0.25) is 0 Å². The molecule has 2 aromatic rings. The quantitative estimate of drug-likeness (QED) is 0.212. The van der Waals surface area contributed by atoms with E-state index in [9.17, 15) is 13.4 Å². The zero-order chi connectivity index (χ0) is 24.7. The van der Waals surface area contributed by atoms with Crippen LogP contribution < -0.4 is 9.64 Å². The van der Waals surface area contributed by atoms with Crippen LogP contribution in [0.25, 0.3) is 0 Å². The number of thioether (sulfide) groups is 1. The lowest BCUT2D eigenvalue weighted by Crippen LogP contribution is -2.42. The predicted molar refractivity (Wildman–Crippen MR) is 136 cm³/mol. The van der Waals surface area contributed by atoms with Crippen LogP contribution in [-0.2, 0) is 25.3 Å². The summed E-state index contributed by atoms with van der Waals surface area (Å²) in [6.45, 7) is 5.11. The van der Waals surface area contributed by atoms with E-state index in [1.807, 2.05) is 49.6 Å². The average Bonchev–Trinajstić information content (AvgIpc) is 2.96. The summed E-state index contributed by atoms with van der Waals surface area (Å²) in [5.41, 5.74) is 1.72. The summed E-state index contributed by atoms with van der Waals surface area (Å²) in [7, 11) is 0.257. The standard InChI is InChI=1S/C24H29FN2O5S2.H2O/c1-5-30-15-18-14-27(17-10-8-7-9-11-17)20-12-22(33-4)21(13-23(20)34(29)26(18)3)32-16-19(25)24(28)31-6-2;/h7-13,16,18H,5-6,14-15H2,1-4H3;1H2/b19-16-;. The van der Waals surface area contributed by atoms with Crippen molar-refractivity contribution in [2.75, 3.05) is 44.6 Å². The van der Waals surface area contributed by atoms with Gasteiger partial charge in [0.05, 0.1) is 34.7 Å². The minimum absolute atomic E-state index is 0. The van der Waals surface area contributed by atoms with Crippen LogP contribution >= 0.6 is 11.8 Å². The Labute approximate surface area is 211 Å². The lowest BCUT2D eigenvalue weighted by Gasteiger charge is -2.29. The van der Waals surface area contributed by atoms with Crippen LogP contribution in [0, 0.1) is 0 Å². The maximum absolute atomic E-state index is 14.1. The molecular weight excluding hydrogens is 495 g/mol. The minimum atomic E-state index is -1.54. The lowest BCUT2D eigenvalue weighted by molar-refractivity contribution is -0.140. The first-order valence-corrected chi connectivity index (χ1v) is 13.2. The molecule has 2 aromatic carbocycles. The van der Waals surface area contributed by atoms with Crippen molar-refractivity contribution in [3.63, 3.8) is 0 Å². The summed E-state index contributed by atoms with van der Waals surface area (Å²) in [6, 6.07) is 13.2. The molecule has 1 aliphatic rings. The molecule has 2 unspecified atom stereocenters. The zero-order valence-corrected chi connectivity index (χ0v) is 21.8. The third kappa shape index (κ3) is 6.83. The van der Waals surface area contributed by atoms with E-state index >= 15 is 0 Å². The van der Waals surface area contributed by atoms with Crippen molar-refractivity contribution in [3.05, 3.63) is 54.6 Å². The number of benzene rings is 2. The smallest absolute Gasteiger partial charge is 0.370 e. The maximum atomic E-state index is 14.1. The Morgan fingerprint density at radius 3 is 2.57 bits per heavy atom. The number of rotatable bonds is 9. The Morgan fingerprint density at radius 2 is 1.94 bits per heavy atom. The van der Waals surface area contributed by atoms with Crippen LogP contribution in [0.1, 0.15) is 13.8 Å². The van der Waals surface area contributed by atoms with Crippen LogP contribution in [0.4, 0.5) is 15.8 Å². The molecule has 1 aliphatic heterocycles. The molecule has 0 saturated heterocycles. The van der Waals surface area contributed by atoms with Crippen molar-refractivity contribution in [2.24, 2.45) is 0 Å². The molecule has 0 radical (unpaired) electrons. The third-order valence-corrected chi connectivity index (χ3v) is 7.52. The molecule has 1 heterocycles. The van der Waals surface area contributed by atoms with Crippen LogP contribution in [0.5, 0.6) is 5.75 Å². The van der Waals surface area contributed by atoms with Gasteiger partial charge in [-0.1, -0.05) is 18.2 Å². The van der Waals surface area contributed by atoms with E-state index in [-0.39, 0.29) is 18.1 Å². The molecule has 35 heavy (non-hydrogen) atoms. The first kappa shape index (κ1) is 28.8. The van der Waals surface area contributed by atoms with Crippen molar-refractivity contribution in [1.29, 1.82) is 0 Å². The van der Waals surface area contributed by atoms with Gasteiger partial charge < -0.3 is 24.6 Å². The number of hydrogen-bond acceptors (Lipinski definition) is 7. The monoisotopic (exact) mass is 526 g/mol. The largest absolute Gasteiger partial charge is 0.461 e. The number of esters is 1. The zero-order valence-electron chi connectivity index (χ0n) is 20.2. The van der Waals surface area contributed by atoms with Gasteiger partial charge in [-0.3, -0.25) is 0 Å². The first-order chi connectivity index (χ1) is 16.4. The van der Waals surface area contributed by atoms with Gasteiger partial charge in [0.2, 0.25) is 5.83 Å². The summed E-state index contributed by atoms with van der Waals surface area (Å²) in [6.07, 6.45) is 2.58. The fraction of sp³-hybridized carbons (Fsp3) is 0.375. The third-order valence-electron chi connectivity index (χ3n) is 5.24. The summed E-state index contributed by atoms with van der Waals surface area (Å²) in [4.78, 5) is 14.9. The summed E-state index contributed by atoms with van der Waals surface area (Å²) in [5, 5.41) is 0. The van der Waals surface area contributed by atoms with Gasteiger partial charge in [-0.05, 0) is 38.3 Å². The van der Waals surface area contributed by atoms with Crippen molar-refractivity contribution < 1.29 is 33.1 Å². The topological polar surface area (TPSA) is 99.8 Å². The first-order valence-electron chi connectivity index (χ1n) is 10.9. The van der Waals surface area contributed by atoms with Gasteiger partial charge in [0.25, 0.3) is 0 Å². The Hall–Kier alpha value is -2.44. The number of para-hydroxylation sites is 1. The van der Waals surface area contributed by atoms with E-state index in [1.54, 1.807) is 24.3 Å². The molecule has 8 nitrogen and oxygen atoms in total. The summed E-state index contributed by atoms with van der Waals surface area (Å²) >= 11 is 1.40. The Bertz CT molecular complexity index is 1050. The highest BCUT2D eigenvalue weighted by molar-refractivity contribution is 7.98. The number of carbonyl (C=O) groups is 1. The summed E-state index contributed by atoms with van der Waals surface area (Å²) in [5.74, 6) is -1.95. The highest BCUT2D eigenvalue weighted by Crippen LogP contribution is 2.42. The highest BCUT2D eigenvalue weighted by Gasteiger charge is 2.33. The fourth-order valence-electron chi connectivity index (χ4n) is 3.47. The number of nitrogens with zero attached hydrogens (tertiary/aromatic N) is 2. The van der Waals surface area contributed by atoms with Gasteiger partial charge in [-0.25, -0.2) is 13.3 Å². The molecule has 0 spiro atoms. The normalized spacial score (nSPS) is 18.3. The highest BCUT2D eigenvalue weighted by atomic mass is 32.2. The lowest BCUT2D eigenvalue weighted by atomic mass is 10.2. The van der Waals surface area contributed by atoms with Gasteiger partial charge in [0, 0.05) is 32.0 Å². The van der Waals surface area contributed by atoms with E-state index in [0.29, 0.717) is 35.3 Å². The number of halogens is 1. The molecule has 0 aromatic heterocycles. The molecule has 0 fully saturated rings. The SMILES string of the molecule is CCOCC1CN(c2ccccc2)c2cc(SC)c(O/C=C(\F)C(=O)OCC)cc2S(=O)N1C.O. The fourth-order valence-corrected chi connectivity index (χ4v) is 5.28. The second-order valence-corrected chi connectivity index (χ2v) is 9.69.